The first-order valence-corrected chi connectivity index (χ1v) is 11.7. The molecule has 0 saturated carbocycles. The van der Waals surface area contributed by atoms with Crippen molar-refractivity contribution in [3.05, 3.63) is 65.2 Å². The van der Waals surface area contributed by atoms with Crippen LogP contribution in [0.4, 0.5) is 0 Å². The van der Waals surface area contributed by atoms with Crippen LogP contribution in [0.3, 0.4) is 0 Å². The number of rotatable bonds is 5. The van der Waals surface area contributed by atoms with Crippen LogP contribution < -0.4 is 0 Å². The summed E-state index contributed by atoms with van der Waals surface area (Å²) in [6, 6.07) is 14.0. The lowest BCUT2D eigenvalue weighted by molar-refractivity contribution is -0.127. The molecule has 1 fully saturated rings. The molecule has 1 aliphatic heterocycles. The highest BCUT2D eigenvalue weighted by Gasteiger charge is 2.23. The number of hydrogen-bond acceptors (Lipinski definition) is 4. The molecule has 1 aliphatic rings. The van der Waals surface area contributed by atoms with Crippen LogP contribution in [0.1, 0.15) is 34.3 Å². The van der Waals surface area contributed by atoms with Gasteiger partial charge in [-0.05, 0) is 75.8 Å². The van der Waals surface area contributed by atoms with E-state index in [0.29, 0.717) is 5.56 Å². The maximum Gasteiger partial charge on any atom is 0.337 e. The number of esters is 1. The molecule has 0 unspecified atom stereocenters. The van der Waals surface area contributed by atoms with E-state index < -0.39 is 0 Å². The van der Waals surface area contributed by atoms with Gasteiger partial charge in [0.05, 0.1) is 18.4 Å². The van der Waals surface area contributed by atoms with Crippen LogP contribution in [0.25, 0.3) is 28.2 Å². The monoisotopic (exact) mass is 459 g/mol. The van der Waals surface area contributed by atoms with E-state index in [9.17, 15) is 9.59 Å². The minimum atomic E-state index is -0.359. The molecule has 3 aromatic rings. The molecule has 0 N–H and O–H groups in total. The van der Waals surface area contributed by atoms with E-state index in [1.54, 1.807) is 18.2 Å². The molecule has 4 rings (SSSR count). The van der Waals surface area contributed by atoms with Crippen molar-refractivity contribution in [2.75, 3.05) is 34.3 Å². The van der Waals surface area contributed by atoms with Gasteiger partial charge in [-0.2, -0.15) is 0 Å². The number of nitrogens with zero attached hydrogens (tertiary/aromatic N) is 3. The highest BCUT2D eigenvalue weighted by Crippen LogP contribution is 2.35. The summed E-state index contributed by atoms with van der Waals surface area (Å²) in [6.45, 7) is 4.10. The summed E-state index contributed by atoms with van der Waals surface area (Å²) in [7, 11) is 7.44. The predicted octanol–water partition coefficient (Wildman–Crippen LogP) is 4.51. The molecule has 0 spiro atoms. The van der Waals surface area contributed by atoms with Crippen molar-refractivity contribution in [1.29, 1.82) is 0 Å². The molecule has 6 heteroatoms. The molecule has 6 nitrogen and oxygen atoms in total. The van der Waals surface area contributed by atoms with Crippen molar-refractivity contribution in [1.82, 2.24) is 14.4 Å². The molecule has 2 aromatic carbocycles. The van der Waals surface area contributed by atoms with E-state index in [1.807, 2.05) is 37.2 Å². The van der Waals surface area contributed by atoms with E-state index in [1.165, 1.54) is 7.11 Å². The molecule has 178 valence electrons. The zero-order chi connectivity index (χ0) is 24.4. The Morgan fingerprint density at radius 1 is 1.06 bits per heavy atom. The smallest absolute Gasteiger partial charge is 0.337 e. The number of fused-ring (bicyclic) bond motifs is 1. The number of likely N-dealkylation sites (tertiary alicyclic amines) is 1. The van der Waals surface area contributed by atoms with Gasteiger partial charge < -0.3 is 19.1 Å². The zero-order valence-corrected chi connectivity index (χ0v) is 20.7. The van der Waals surface area contributed by atoms with Gasteiger partial charge in [-0.1, -0.05) is 23.8 Å². The lowest BCUT2D eigenvalue weighted by Gasteiger charge is -2.34. The number of amides is 1. The fraction of sp³-hybridized carbons (Fsp3) is 0.357. The number of carbonyl (C=O) groups excluding carboxylic acids is 2. The van der Waals surface area contributed by atoms with Gasteiger partial charge in [0.1, 0.15) is 0 Å². The summed E-state index contributed by atoms with van der Waals surface area (Å²) in [5, 5.41) is 1.10. The largest absolute Gasteiger partial charge is 0.465 e. The third-order valence-electron chi connectivity index (χ3n) is 6.95. The van der Waals surface area contributed by atoms with E-state index >= 15 is 0 Å². The summed E-state index contributed by atoms with van der Waals surface area (Å²) in [5.41, 5.74) is 5.73. The number of hydrogen-bond donors (Lipinski definition) is 0. The Labute approximate surface area is 201 Å². The van der Waals surface area contributed by atoms with E-state index in [-0.39, 0.29) is 17.9 Å². The summed E-state index contributed by atoms with van der Waals surface area (Å²) < 4.78 is 6.98. The van der Waals surface area contributed by atoms with Gasteiger partial charge in [-0.25, -0.2) is 4.79 Å². The van der Waals surface area contributed by atoms with Crippen molar-refractivity contribution in [3.8, 4) is 11.3 Å². The van der Waals surface area contributed by atoms with Crippen molar-refractivity contribution in [3.63, 3.8) is 0 Å². The SMILES string of the molecule is COC(=O)c1ccc(-c2c(/C=C/C(=O)N(C)C3CCN(C)CC3)c3cc(C)ccc3n2C)cc1. The minimum absolute atomic E-state index is 0.0196. The average molecular weight is 460 g/mol. The van der Waals surface area contributed by atoms with Gasteiger partial charge in [-0.15, -0.1) is 0 Å². The van der Waals surface area contributed by atoms with Gasteiger partial charge in [0.2, 0.25) is 5.91 Å². The Bertz CT molecular complexity index is 1230. The Balaban J connectivity index is 1.72. The molecule has 0 radical (unpaired) electrons. The normalized spacial score (nSPS) is 15.2. The third kappa shape index (κ3) is 4.64. The van der Waals surface area contributed by atoms with Crippen molar-refractivity contribution in [2.45, 2.75) is 25.8 Å². The molecule has 0 aliphatic carbocycles. The van der Waals surface area contributed by atoms with Crippen LogP contribution in [0.2, 0.25) is 0 Å². The maximum atomic E-state index is 13.1. The Morgan fingerprint density at radius 2 is 1.74 bits per heavy atom. The topological polar surface area (TPSA) is 54.8 Å². The summed E-state index contributed by atoms with van der Waals surface area (Å²) in [5.74, 6) is -0.340. The molecule has 2 heterocycles. The fourth-order valence-electron chi connectivity index (χ4n) is 4.82. The van der Waals surface area contributed by atoms with Gasteiger partial charge in [0.25, 0.3) is 0 Å². The Hall–Kier alpha value is -3.38. The number of ether oxygens (including phenoxy) is 1. The molecule has 34 heavy (non-hydrogen) atoms. The quantitative estimate of drug-likeness (QED) is 0.416. The van der Waals surface area contributed by atoms with Crippen molar-refractivity contribution in [2.24, 2.45) is 7.05 Å². The maximum absolute atomic E-state index is 13.1. The Kier molecular flexibility index (Phi) is 6.89. The number of carbonyl (C=O) groups is 2. The minimum Gasteiger partial charge on any atom is -0.465 e. The second-order valence-electron chi connectivity index (χ2n) is 9.23. The van der Waals surface area contributed by atoms with Gasteiger partial charge in [0, 0.05) is 42.7 Å². The second-order valence-corrected chi connectivity index (χ2v) is 9.23. The Morgan fingerprint density at radius 3 is 2.38 bits per heavy atom. The molecular formula is C28H33N3O3. The van der Waals surface area contributed by atoms with E-state index in [4.69, 9.17) is 4.74 Å². The lowest BCUT2D eigenvalue weighted by atomic mass is 10.0. The molecule has 1 saturated heterocycles. The molecule has 0 atom stereocenters. The molecule has 0 bridgehead atoms. The fourth-order valence-corrected chi connectivity index (χ4v) is 4.82. The number of benzene rings is 2. The van der Waals surface area contributed by atoms with Crippen LogP contribution in [-0.2, 0) is 16.6 Å². The van der Waals surface area contributed by atoms with Crippen LogP contribution in [-0.4, -0.2) is 66.6 Å². The van der Waals surface area contributed by atoms with Crippen molar-refractivity contribution < 1.29 is 14.3 Å². The van der Waals surface area contributed by atoms with Crippen LogP contribution >= 0.6 is 0 Å². The summed E-state index contributed by atoms with van der Waals surface area (Å²) >= 11 is 0. The standard InChI is InChI=1S/C28H33N3O3/c1-19-6-12-25-24(18-19)23(11-13-26(32)30(3)22-14-16-29(2)17-15-22)27(31(25)4)20-7-9-21(10-8-20)28(33)34-5/h6-13,18,22H,14-17H2,1-5H3/b13-11+. The van der Waals surface area contributed by atoms with E-state index in [0.717, 1.165) is 59.2 Å². The van der Waals surface area contributed by atoms with Gasteiger partial charge in [0.15, 0.2) is 0 Å². The zero-order valence-electron chi connectivity index (χ0n) is 20.7. The van der Waals surface area contributed by atoms with Crippen LogP contribution in [0.5, 0.6) is 0 Å². The molecular weight excluding hydrogens is 426 g/mol. The number of piperidine rings is 1. The first kappa shape index (κ1) is 23.8. The third-order valence-corrected chi connectivity index (χ3v) is 6.95. The highest BCUT2D eigenvalue weighted by molar-refractivity contribution is 6.02. The second kappa shape index (κ2) is 9.85. The summed E-state index contributed by atoms with van der Waals surface area (Å²) in [4.78, 5) is 29.1. The predicted molar refractivity (Wildman–Crippen MR) is 137 cm³/mol. The highest BCUT2D eigenvalue weighted by atomic mass is 16.5. The summed E-state index contributed by atoms with van der Waals surface area (Å²) in [6.07, 6.45) is 5.64. The van der Waals surface area contributed by atoms with Crippen LogP contribution in [0.15, 0.2) is 48.5 Å². The first-order valence-electron chi connectivity index (χ1n) is 11.7. The van der Waals surface area contributed by atoms with Gasteiger partial charge in [-0.3, -0.25) is 4.79 Å². The lowest BCUT2D eigenvalue weighted by Crippen LogP contribution is -2.43. The van der Waals surface area contributed by atoms with Crippen molar-refractivity contribution >= 4 is 28.9 Å². The number of aryl methyl sites for hydroxylation is 2. The molecule has 1 aromatic heterocycles. The van der Waals surface area contributed by atoms with Crippen LogP contribution in [0, 0.1) is 6.92 Å². The van der Waals surface area contributed by atoms with E-state index in [2.05, 4.69) is 41.6 Å². The molecule has 1 amide bonds. The first-order chi connectivity index (χ1) is 16.3. The number of likely N-dealkylation sites (N-methyl/N-ethyl adjacent to an activating group) is 1. The average Bonchev–Trinajstić information content (AvgIpc) is 3.12. The number of aromatic nitrogens is 1. The van der Waals surface area contributed by atoms with Gasteiger partial charge >= 0.3 is 5.97 Å². The number of methoxy groups -OCH3 is 1.